The Morgan fingerprint density at radius 3 is 2.76 bits per heavy atom. The van der Waals surface area contributed by atoms with Gasteiger partial charge < -0.3 is 20.5 Å². The fourth-order valence-electron chi connectivity index (χ4n) is 2.21. The fourth-order valence-corrected chi connectivity index (χ4v) is 2.21. The average Bonchev–Trinajstić information content (AvgIpc) is 2.89. The molecule has 5 nitrogen and oxygen atoms in total. The third kappa shape index (κ3) is 4.88. The SMILES string of the molecule is CC(C)Oc1ccccc1NC(=O)[C@@H]1CC[C@H](CN)O1.Cl. The average molecular weight is 315 g/mol. The number of carbonyl (C=O) groups excluding carboxylic acids is 1. The monoisotopic (exact) mass is 314 g/mol. The lowest BCUT2D eigenvalue weighted by Crippen LogP contribution is -2.30. The second-order valence-electron chi connectivity index (χ2n) is 5.21. The molecule has 2 atom stereocenters. The Bertz CT molecular complexity index is 468. The Morgan fingerprint density at radius 2 is 2.14 bits per heavy atom. The predicted octanol–water partition coefficient (Wildman–Crippen LogP) is 2.34. The molecule has 0 saturated carbocycles. The molecule has 0 bridgehead atoms. The molecule has 1 heterocycles. The van der Waals surface area contributed by atoms with E-state index in [1.807, 2.05) is 38.1 Å². The van der Waals surface area contributed by atoms with Crippen molar-refractivity contribution in [1.29, 1.82) is 0 Å². The highest BCUT2D eigenvalue weighted by atomic mass is 35.5. The number of benzene rings is 1. The maximum Gasteiger partial charge on any atom is 0.253 e. The first-order valence-electron chi connectivity index (χ1n) is 7.02. The van der Waals surface area contributed by atoms with Gasteiger partial charge in [-0.15, -0.1) is 12.4 Å². The lowest BCUT2D eigenvalue weighted by Gasteiger charge is -2.17. The van der Waals surface area contributed by atoms with E-state index in [1.54, 1.807) is 0 Å². The summed E-state index contributed by atoms with van der Waals surface area (Å²) in [5.41, 5.74) is 6.22. The van der Waals surface area contributed by atoms with Gasteiger partial charge in [0.1, 0.15) is 11.9 Å². The molecule has 1 aromatic rings. The minimum atomic E-state index is -0.421. The topological polar surface area (TPSA) is 73.6 Å². The van der Waals surface area contributed by atoms with Crippen LogP contribution in [0.1, 0.15) is 26.7 Å². The van der Waals surface area contributed by atoms with Gasteiger partial charge in [-0.3, -0.25) is 4.79 Å². The summed E-state index contributed by atoms with van der Waals surface area (Å²) in [7, 11) is 0. The van der Waals surface area contributed by atoms with E-state index in [0.29, 0.717) is 24.4 Å². The Labute approximate surface area is 131 Å². The first-order valence-corrected chi connectivity index (χ1v) is 7.02. The van der Waals surface area contributed by atoms with Gasteiger partial charge in [-0.2, -0.15) is 0 Å². The highest BCUT2D eigenvalue weighted by Gasteiger charge is 2.30. The van der Waals surface area contributed by atoms with Crippen molar-refractivity contribution in [2.45, 2.75) is 45.0 Å². The van der Waals surface area contributed by atoms with Crippen LogP contribution in [-0.4, -0.2) is 30.8 Å². The summed E-state index contributed by atoms with van der Waals surface area (Å²) in [6.45, 7) is 4.35. The van der Waals surface area contributed by atoms with Gasteiger partial charge in [-0.1, -0.05) is 12.1 Å². The molecule has 1 aliphatic heterocycles. The van der Waals surface area contributed by atoms with E-state index in [1.165, 1.54) is 0 Å². The van der Waals surface area contributed by atoms with Gasteiger partial charge in [0.25, 0.3) is 5.91 Å². The van der Waals surface area contributed by atoms with E-state index in [4.69, 9.17) is 15.2 Å². The van der Waals surface area contributed by atoms with Crippen LogP contribution < -0.4 is 15.8 Å². The van der Waals surface area contributed by atoms with Gasteiger partial charge in [-0.25, -0.2) is 0 Å². The number of hydrogen-bond acceptors (Lipinski definition) is 4. The molecule has 1 aliphatic rings. The Kier molecular flexibility index (Phi) is 6.95. The summed E-state index contributed by atoms with van der Waals surface area (Å²) >= 11 is 0. The maximum atomic E-state index is 12.2. The quantitative estimate of drug-likeness (QED) is 0.875. The number of amides is 1. The minimum absolute atomic E-state index is 0. The van der Waals surface area contributed by atoms with Crippen molar-refractivity contribution in [3.8, 4) is 5.75 Å². The van der Waals surface area contributed by atoms with Crippen molar-refractivity contribution in [2.75, 3.05) is 11.9 Å². The molecule has 6 heteroatoms. The fraction of sp³-hybridized carbons (Fsp3) is 0.533. The molecule has 118 valence electrons. The summed E-state index contributed by atoms with van der Waals surface area (Å²) in [5, 5.41) is 2.87. The number of nitrogens with two attached hydrogens (primary N) is 1. The van der Waals surface area contributed by atoms with Crippen molar-refractivity contribution < 1.29 is 14.3 Å². The molecule has 1 amide bonds. The number of para-hydroxylation sites is 2. The van der Waals surface area contributed by atoms with Crippen LogP contribution in [0.25, 0.3) is 0 Å². The minimum Gasteiger partial charge on any atom is -0.489 e. The summed E-state index contributed by atoms with van der Waals surface area (Å²) in [6.07, 6.45) is 1.17. The van der Waals surface area contributed by atoms with Gasteiger partial charge >= 0.3 is 0 Å². The van der Waals surface area contributed by atoms with Gasteiger partial charge in [-0.05, 0) is 38.8 Å². The summed E-state index contributed by atoms with van der Waals surface area (Å²) in [5.74, 6) is 0.532. The Morgan fingerprint density at radius 1 is 1.43 bits per heavy atom. The largest absolute Gasteiger partial charge is 0.489 e. The highest BCUT2D eigenvalue weighted by molar-refractivity contribution is 5.95. The van der Waals surface area contributed by atoms with Crippen LogP contribution in [0.5, 0.6) is 5.75 Å². The molecule has 1 aromatic carbocycles. The number of rotatable bonds is 5. The second kappa shape index (κ2) is 8.22. The molecule has 0 radical (unpaired) electrons. The Hall–Kier alpha value is -1.30. The smallest absolute Gasteiger partial charge is 0.253 e. The molecule has 1 fully saturated rings. The lowest BCUT2D eigenvalue weighted by molar-refractivity contribution is -0.126. The van der Waals surface area contributed by atoms with Gasteiger partial charge in [0.15, 0.2) is 0 Å². The van der Waals surface area contributed by atoms with E-state index in [-0.39, 0.29) is 30.5 Å². The van der Waals surface area contributed by atoms with Crippen molar-refractivity contribution >= 4 is 24.0 Å². The van der Waals surface area contributed by atoms with Crippen molar-refractivity contribution in [1.82, 2.24) is 0 Å². The normalized spacial score (nSPS) is 21.0. The first kappa shape index (κ1) is 17.8. The molecular formula is C15H23ClN2O3. The molecule has 21 heavy (non-hydrogen) atoms. The summed E-state index contributed by atoms with van der Waals surface area (Å²) in [4.78, 5) is 12.2. The van der Waals surface area contributed by atoms with Crippen LogP contribution in [0.2, 0.25) is 0 Å². The van der Waals surface area contributed by atoms with E-state index in [9.17, 15) is 4.79 Å². The summed E-state index contributed by atoms with van der Waals surface area (Å²) < 4.78 is 11.3. The van der Waals surface area contributed by atoms with Gasteiger partial charge in [0.05, 0.1) is 17.9 Å². The molecule has 1 saturated heterocycles. The number of carbonyl (C=O) groups is 1. The highest BCUT2D eigenvalue weighted by Crippen LogP contribution is 2.26. The second-order valence-corrected chi connectivity index (χ2v) is 5.21. The van der Waals surface area contributed by atoms with Gasteiger partial charge in [0.2, 0.25) is 0 Å². The van der Waals surface area contributed by atoms with Crippen LogP contribution in [0.3, 0.4) is 0 Å². The van der Waals surface area contributed by atoms with Crippen molar-refractivity contribution in [3.05, 3.63) is 24.3 Å². The Balaban J connectivity index is 0.00000220. The first-order chi connectivity index (χ1) is 9.60. The molecule has 2 rings (SSSR count). The zero-order valence-electron chi connectivity index (χ0n) is 12.4. The lowest BCUT2D eigenvalue weighted by atomic mass is 10.2. The predicted molar refractivity (Wildman–Crippen MR) is 85.0 cm³/mol. The molecule has 0 aliphatic carbocycles. The number of ether oxygens (including phenoxy) is 2. The van der Waals surface area contributed by atoms with Gasteiger partial charge in [0, 0.05) is 6.54 Å². The van der Waals surface area contributed by atoms with E-state index in [2.05, 4.69) is 5.32 Å². The molecule has 3 N–H and O–H groups in total. The zero-order chi connectivity index (χ0) is 14.5. The van der Waals surface area contributed by atoms with Crippen LogP contribution in [-0.2, 0) is 9.53 Å². The number of nitrogens with one attached hydrogen (secondary N) is 1. The maximum absolute atomic E-state index is 12.2. The standard InChI is InChI=1S/C15H22N2O3.ClH/c1-10(2)19-13-6-4-3-5-12(13)17-15(18)14-8-7-11(9-16)20-14;/h3-6,10-11,14H,7-9,16H2,1-2H3,(H,17,18);1H/t11-,14+;/m1./s1. The molecule has 0 unspecified atom stereocenters. The number of halogens is 1. The van der Waals surface area contributed by atoms with E-state index in [0.717, 1.165) is 6.42 Å². The number of anilines is 1. The third-order valence-corrected chi connectivity index (χ3v) is 3.17. The third-order valence-electron chi connectivity index (χ3n) is 3.17. The zero-order valence-corrected chi connectivity index (χ0v) is 13.2. The molecular weight excluding hydrogens is 292 g/mol. The van der Waals surface area contributed by atoms with Crippen molar-refractivity contribution in [3.63, 3.8) is 0 Å². The summed E-state index contributed by atoms with van der Waals surface area (Å²) in [6, 6.07) is 7.41. The van der Waals surface area contributed by atoms with Crippen LogP contribution in [0, 0.1) is 0 Å². The molecule has 0 aromatic heterocycles. The molecule has 0 spiro atoms. The van der Waals surface area contributed by atoms with Crippen LogP contribution >= 0.6 is 12.4 Å². The van der Waals surface area contributed by atoms with Crippen LogP contribution in [0.4, 0.5) is 5.69 Å². The van der Waals surface area contributed by atoms with Crippen molar-refractivity contribution in [2.24, 2.45) is 5.73 Å². The number of hydrogen-bond donors (Lipinski definition) is 2. The van der Waals surface area contributed by atoms with E-state index < -0.39 is 6.10 Å². The van der Waals surface area contributed by atoms with E-state index >= 15 is 0 Å². The van der Waals surface area contributed by atoms with Crippen LogP contribution in [0.15, 0.2) is 24.3 Å².